The van der Waals surface area contributed by atoms with Crippen molar-refractivity contribution in [1.82, 2.24) is 16.0 Å². The molecule has 0 saturated heterocycles. The summed E-state index contributed by atoms with van der Waals surface area (Å²) in [6.45, 7) is 0.635. The zero-order chi connectivity index (χ0) is 19.1. The van der Waals surface area contributed by atoms with Gasteiger partial charge in [0.05, 0.1) is 12.7 Å². The average molecular weight is 395 g/mol. The maximum absolute atomic E-state index is 11.8. The quantitative estimate of drug-likeness (QED) is 0.129. The van der Waals surface area contributed by atoms with Crippen LogP contribution in [0.1, 0.15) is 32.1 Å². The van der Waals surface area contributed by atoms with Crippen LogP contribution < -0.4 is 21.7 Å². The first-order chi connectivity index (χ1) is 11.9. The number of amides is 2. The highest BCUT2D eigenvalue weighted by Gasteiger charge is 2.17. The summed E-state index contributed by atoms with van der Waals surface area (Å²) in [5.74, 6) is -0.215. The predicted octanol–water partition coefficient (Wildman–Crippen LogP) is -0.210. The molecule has 2 atom stereocenters. The minimum atomic E-state index is -0.952. The summed E-state index contributed by atoms with van der Waals surface area (Å²) in [5.41, 5.74) is 5.81. The van der Waals surface area contributed by atoms with E-state index in [0.717, 1.165) is 19.3 Å². The SMILES string of the molecule is CSCC(NCNC(=O)C(N)CCCCCC(=O)NCCS)C(=O)O. The third-order valence-electron chi connectivity index (χ3n) is 3.43. The summed E-state index contributed by atoms with van der Waals surface area (Å²) in [5, 5.41) is 17.1. The number of carboxylic acids is 1. The summed E-state index contributed by atoms with van der Waals surface area (Å²) in [6, 6.07) is -1.34. The van der Waals surface area contributed by atoms with E-state index in [-0.39, 0.29) is 18.5 Å². The number of nitrogens with two attached hydrogens (primary N) is 1. The maximum Gasteiger partial charge on any atom is 0.321 e. The van der Waals surface area contributed by atoms with Crippen molar-refractivity contribution in [3.8, 4) is 0 Å². The number of thioether (sulfide) groups is 1. The van der Waals surface area contributed by atoms with Gasteiger partial charge >= 0.3 is 5.97 Å². The van der Waals surface area contributed by atoms with Crippen LogP contribution in [0, 0.1) is 0 Å². The Kier molecular flexibility index (Phi) is 14.7. The largest absolute Gasteiger partial charge is 0.480 e. The molecule has 0 saturated carbocycles. The van der Waals surface area contributed by atoms with E-state index in [9.17, 15) is 14.4 Å². The van der Waals surface area contributed by atoms with Gasteiger partial charge in [-0.15, -0.1) is 0 Å². The first-order valence-corrected chi connectivity index (χ1v) is 10.3. The molecule has 0 fully saturated rings. The lowest BCUT2D eigenvalue weighted by Gasteiger charge is -2.16. The molecule has 0 aromatic rings. The van der Waals surface area contributed by atoms with E-state index in [4.69, 9.17) is 10.8 Å². The highest BCUT2D eigenvalue weighted by atomic mass is 32.2. The Morgan fingerprint density at radius 2 is 1.92 bits per heavy atom. The average Bonchev–Trinajstić information content (AvgIpc) is 2.58. The van der Waals surface area contributed by atoms with Crippen LogP contribution in [-0.2, 0) is 14.4 Å². The maximum atomic E-state index is 11.8. The molecule has 0 aromatic heterocycles. The minimum Gasteiger partial charge on any atom is -0.480 e. The number of carbonyl (C=O) groups is 3. The number of carbonyl (C=O) groups excluding carboxylic acids is 2. The van der Waals surface area contributed by atoms with Gasteiger partial charge < -0.3 is 21.5 Å². The van der Waals surface area contributed by atoms with E-state index in [1.54, 1.807) is 0 Å². The minimum absolute atomic E-state index is 0.0143. The van der Waals surface area contributed by atoms with Crippen molar-refractivity contribution in [3.63, 3.8) is 0 Å². The van der Waals surface area contributed by atoms with Crippen LogP contribution in [0.2, 0.25) is 0 Å². The fourth-order valence-electron chi connectivity index (χ4n) is 2.02. The highest BCUT2D eigenvalue weighted by molar-refractivity contribution is 7.98. The molecule has 0 radical (unpaired) electrons. The van der Waals surface area contributed by atoms with Gasteiger partial charge in [0, 0.05) is 24.5 Å². The molecular weight excluding hydrogens is 364 g/mol. The molecule has 2 unspecified atom stereocenters. The van der Waals surface area contributed by atoms with Crippen molar-refractivity contribution >= 4 is 42.2 Å². The molecule has 0 rings (SSSR count). The van der Waals surface area contributed by atoms with E-state index in [1.165, 1.54) is 11.8 Å². The van der Waals surface area contributed by atoms with Crippen molar-refractivity contribution in [2.24, 2.45) is 5.73 Å². The van der Waals surface area contributed by atoms with Crippen molar-refractivity contribution in [2.45, 2.75) is 44.2 Å². The van der Waals surface area contributed by atoms with Gasteiger partial charge in [0.1, 0.15) is 6.04 Å². The van der Waals surface area contributed by atoms with Gasteiger partial charge in [0.2, 0.25) is 11.8 Å². The van der Waals surface area contributed by atoms with Crippen molar-refractivity contribution < 1.29 is 19.5 Å². The molecule has 0 aromatic carbocycles. The Bertz CT molecular complexity index is 413. The van der Waals surface area contributed by atoms with Crippen LogP contribution in [0.3, 0.4) is 0 Å². The first-order valence-electron chi connectivity index (χ1n) is 8.28. The fraction of sp³-hybridized carbons (Fsp3) is 0.800. The van der Waals surface area contributed by atoms with E-state index in [0.29, 0.717) is 30.9 Å². The molecule has 0 aliphatic heterocycles. The summed E-state index contributed by atoms with van der Waals surface area (Å²) in [4.78, 5) is 34.2. The van der Waals surface area contributed by atoms with E-state index >= 15 is 0 Å². The summed E-state index contributed by atoms with van der Waals surface area (Å²) >= 11 is 5.43. The Balaban J connectivity index is 3.78. The van der Waals surface area contributed by atoms with E-state index in [2.05, 4.69) is 28.6 Å². The smallest absolute Gasteiger partial charge is 0.321 e. The van der Waals surface area contributed by atoms with Gasteiger partial charge in [-0.05, 0) is 19.1 Å². The van der Waals surface area contributed by atoms with Crippen LogP contribution in [0.25, 0.3) is 0 Å². The highest BCUT2D eigenvalue weighted by Crippen LogP contribution is 2.05. The number of hydrogen-bond donors (Lipinski definition) is 6. The number of unbranched alkanes of at least 4 members (excludes halogenated alkanes) is 2. The zero-order valence-electron chi connectivity index (χ0n) is 14.6. The van der Waals surface area contributed by atoms with Gasteiger partial charge in [-0.1, -0.05) is 12.8 Å². The van der Waals surface area contributed by atoms with Crippen LogP contribution in [0.5, 0.6) is 0 Å². The van der Waals surface area contributed by atoms with E-state index < -0.39 is 18.1 Å². The van der Waals surface area contributed by atoms with Gasteiger partial charge in [0.15, 0.2) is 0 Å². The summed E-state index contributed by atoms with van der Waals surface area (Å²) in [6.07, 6.45) is 5.14. The lowest BCUT2D eigenvalue weighted by Crippen LogP contribution is -2.48. The lowest BCUT2D eigenvalue weighted by atomic mass is 10.1. The summed E-state index contributed by atoms with van der Waals surface area (Å²) in [7, 11) is 0. The van der Waals surface area contributed by atoms with Gasteiger partial charge in [-0.25, -0.2) is 0 Å². The van der Waals surface area contributed by atoms with Crippen LogP contribution in [0.4, 0.5) is 0 Å². The number of rotatable bonds is 15. The van der Waals surface area contributed by atoms with Gasteiger partial charge in [-0.3, -0.25) is 19.7 Å². The second-order valence-electron chi connectivity index (χ2n) is 5.55. The molecule has 146 valence electrons. The van der Waals surface area contributed by atoms with Crippen LogP contribution >= 0.6 is 24.4 Å². The fourth-order valence-corrected chi connectivity index (χ4v) is 2.72. The molecule has 0 heterocycles. The second kappa shape index (κ2) is 15.3. The lowest BCUT2D eigenvalue weighted by molar-refractivity contribution is -0.139. The molecule has 0 spiro atoms. The van der Waals surface area contributed by atoms with Crippen LogP contribution in [-0.4, -0.2) is 65.9 Å². The Hall–Kier alpha value is -0.970. The molecule has 2 amide bonds. The first kappa shape index (κ1) is 24.0. The number of carboxylic acid groups (broad SMARTS) is 1. The molecule has 8 nitrogen and oxygen atoms in total. The van der Waals surface area contributed by atoms with Crippen LogP contribution in [0.15, 0.2) is 0 Å². The number of thiol groups is 1. The predicted molar refractivity (Wildman–Crippen MR) is 104 cm³/mol. The zero-order valence-corrected chi connectivity index (χ0v) is 16.3. The normalized spacial score (nSPS) is 13.1. The molecule has 0 aliphatic rings. The van der Waals surface area contributed by atoms with Gasteiger partial charge in [0.25, 0.3) is 0 Å². The molecule has 0 bridgehead atoms. The molecule has 6 N–H and O–H groups in total. The second-order valence-corrected chi connectivity index (χ2v) is 6.91. The number of hydrogen-bond acceptors (Lipinski definition) is 7. The molecule has 10 heteroatoms. The van der Waals surface area contributed by atoms with Gasteiger partial charge in [-0.2, -0.15) is 24.4 Å². The van der Waals surface area contributed by atoms with E-state index in [1.807, 2.05) is 6.26 Å². The topological polar surface area (TPSA) is 134 Å². The van der Waals surface area contributed by atoms with Crippen molar-refractivity contribution in [2.75, 3.05) is 31.0 Å². The summed E-state index contributed by atoms with van der Waals surface area (Å²) < 4.78 is 0. The van der Waals surface area contributed by atoms with Crippen molar-refractivity contribution in [3.05, 3.63) is 0 Å². The monoisotopic (exact) mass is 394 g/mol. The number of nitrogens with one attached hydrogen (secondary N) is 3. The standard InChI is InChI=1S/C15H30N4O4S2/c1-25-9-12(15(22)23)18-10-19-14(21)11(16)5-3-2-4-6-13(20)17-7-8-24/h11-12,18,24H,2-10,16H2,1H3,(H,17,20)(H,19,21)(H,22,23). The Morgan fingerprint density at radius 1 is 1.20 bits per heavy atom. The Labute approximate surface area is 158 Å². The molecule has 0 aliphatic carbocycles. The third-order valence-corrected chi connectivity index (χ3v) is 4.32. The third kappa shape index (κ3) is 13.0. The number of aliphatic carboxylic acids is 1. The molecular formula is C15H30N4O4S2. The Morgan fingerprint density at radius 3 is 2.52 bits per heavy atom. The molecule has 25 heavy (non-hydrogen) atoms. The van der Waals surface area contributed by atoms with Crippen molar-refractivity contribution in [1.29, 1.82) is 0 Å².